The molecule has 0 amide bonds. The molecule has 18 heavy (non-hydrogen) atoms. The molecule has 0 N–H and O–H groups in total. The summed E-state index contributed by atoms with van der Waals surface area (Å²) in [6.07, 6.45) is 1.87. The number of ether oxygens (including phenoxy) is 2. The molecule has 0 aromatic heterocycles. The van der Waals surface area contributed by atoms with Crippen molar-refractivity contribution in [1.82, 2.24) is 0 Å². The first-order chi connectivity index (χ1) is 8.83. The normalized spacial score (nSPS) is 10.1. The molecule has 2 rings (SSSR count). The van der Waals surface area contributed by atoms with E-state index in [1.165, 1.54) is 5.56 Å². The number of benzene rings is 2. The van der Waals surface area contributed by atoms with Crippen molar-refractivity contribution in [3.63, 3.8) is 0 Å². The molecule has 0 atom stereocenters. The summed E-state index contributed by atoms with van der Waals surface area (Å²) in [6, 6.07) is 17.2. The molecule has 0 spiro atoms. The lowest BCUT2D eigenvalue weighted by Gasteiger charge is -2.08. The first kappa shape index (κ1) is 12.5. The summed E-state index contributed by atoms with van der Waals surface area (Å²) >= 11 is 0. The first-order valence-electron chi connectivity index (χ1n) is 6.00. The van der Waals surface area contributed by atoms with Crippen LogP contribution in [-0.4, -0.2) is 14.2 Å². The van der Waals surface area contributed by atoms with Crippen molar-refractivity contribution < 1.29 is 9.47 Å². The fourth-order valence-electron chi connectivity index (χ4n) is 1.94. The van der Waals surface area contributed by atoms with E-state index in [1.807, 2.05) is 30.3 Å². The van der Waals surface area contributed by atoms with Gasteiger partial charge in [0, 0.05) is 5.56 Å². The van der Waals surface area contributed by atoms with E-state index in [2.05, 4.69) is 18.2 Å². The summed E-state index contributed by atoms with van der Waals surface area (Å²) in [6.45, 7) is 0. The van der Waals surface area contributed by atoms with Crippen LogP contribution in [-0.2, 0) is 12.8 Å². The third kappa shape index (κ3) is 3.04. The Morgan fingerprint density at radius 2 is 1.89 bits per heavy atom. The summed E-state index contributed by atoms with van der Waals surface area (Å²) in [4.78, 5) is 0. The summed E-state index contributed by atoms with van der Waals surface area (Å²) < 4.78 is 10.5. The van der Waals surface area contributed by atoms with E-state index in [-0.39, 0.29) is 0 Å². The topological polar surface area (TPSA) is 18.5 Å². The quantitative estimate of drug-likeness (QED) is 0.799. The Hall–Kier alpha value is -1.96. The molecular weight excluding hydrogens is 224 g/mol. The molecule has 2 aromatic carbocycles. The number of hydrogen-bond donors (Lipinski definition) is 0. The molecule has 0 aliphatic carbocycles. The lowest BCUT2D eigenvalue weighted by Crippen LogP contribution is -1.96. The van der Waals surface area contributed by atoms with E-state index in [9.17, 15) is 0 Å². The van der Waals surface area contributed by atoms with Crippen molar-refractivity contribution in [2.45, 2.75) is 12.8 Å². The van der Waals surface area contributed by atoms with Crippen molar-refractivity contribution >= 4 is 0 Å². The molecule has 0 aliphatic rings. The number of aryl methyl sites for hydroxylation is 2. The average Bonchev–Trinajstić information content (AvgIpc) is 2.45. The molecule has 0 unspecified atom stereocenters. The lowest BCUT2D eigenvalue weighted by atomic mass is 10.0. The van der Waals surface area contributed by atoms with Crippen LogP contribution in [0.5, 0.6) is 11.5 Å². The molecule has 0 heterocycles. The highest BCUT2D eigenvalue weighted by molar-refractivity contribution is 5.34. The van der Waals surface area contributed by atoms with Gasteiger partial charge in [-0.2, -0.15) is 0 Å². The number of rotatable bonds is 5. The SMILES string of the molecule is COc1cccc(CCc2[c]cccc2OC)c1. The second kappa shape index (κ2) is 6.10. The monoisotopic (exact) mass is 241 g/mol. The van der Waals surface area contributed by atoms with Crippen LogP contribution in [0.3, 0.4) is 0 Å². The summed E-state index contributed by atoms with van der Waals surface area (Å²) in [5.41, 5.74) is 2.37. The summed E-state index contributed by atoms with van der Waals surface area (Å²) in [7, 11) is 3.38. The summed E-state index contributed by atoms with van der Waals surface area (Å²) in [5.74, 6) is 1.80. The van der Waals surface area contributed by atoms with E-state index < -0.39 is 0 Å². The highest BCUT2D eigenvalue weighted by Crippen LogP contribution is 2.20. The Morgan fingerprint density at radius 3 is 2.67 bits per heavy atom. The first-order valence-corrected chi connectivity index (χ1v) is 6.00. The van der Waals surface area contributed by atoms with Crippen LogP contribution < -0.4 is 9.47 Å². The molecule has 0 aliphatic heterocycles. The van der Waals surface area contributed by atoms with Gasteiger partial charge in [0.1, 0.15) is 11.5 Å². The second-order valence-corrected chi connectivity index (χ2v) is 4.07. The highest BCUT2D eigenvalue weighted by atomic mass is 16.5. The second-order valence-electron chi connectivity index (χ2n) is 4.07. The van der Waals surface area contributed by atoms with Crippen LogP contribution in [0, 0.1) is 6.07 Å². The third-order valence-electron chi connectivity index (χ3n) is 2.92. The maximum absolute atomic E-state index is 5.32. The van der Waals surface area contributed by atoms with Gasteiger partial charge in [0.2, 0.25) is 0 Å². The van der Waals surface area contributed by atoms with Gasteiger partial charge in [-0.1, -0.05) is 24.3 Å². The molecule has 0 saturated heterocycles. The van der Waals surface area contributed by atoms with Gasteiger partial charge in [-0.25, -0.2) is 0 Å². The molecular formula is C16H17O2. The maximum Gasteiger partial charge on any atom is 0.122 e. The minimum absolute atomic E-state index is 0.900. The van der Waals surface area contributed by atoms with Crippen LogP contribution >= 0.6 is 0 Å². The lowest BCUT2D eigenvalue weighted by molar-refractivity contribution is 0.409. The van der Waals surface area contributed by atoms with Gasteiger partial charge in [0.25, 0.3) is 0 Å². The van der Waals surface area contributed by atoms with Crippen LogP contribution in [0.15, 0.2) is 42.5 Å². The maximum atomic E-state index is 5.32. The zero-order valence-electron chi connectivity index (χ0n) is 10.8. The Bertz CT molecular complexity index is 506. The minimum atomic E-state index is 0.900. The fraction of sp³-hybridized carbons (Fsp3) is 0.250. The van der Waals surface area contributed by atoms with E-state index in [0.717, 1.165) is 29.9 Å². The Morgan fingerprint density at radius 1 is 1.00 bits per heavy atom. The van der Waals surface area contributed by atoms with E-state index >= 15 is 0 Å². The largest absolute Gasteiger partial charge is 0.497 e. The average molecular weight is 241 g/mol. The minimum Gasteiger partial charge on any atom is -0.497 e. The molecule has 1 radical (unpaired) electrons. The Kier molecular flexibility index (Phi) is 4.24. The van der Waals surface area contributed by atoms with Crippen LogP contribution in [0.2, 0.25) is 0 Å². The highest BCUT2D eigenvalue weighted by Gasteiger charge is 2.03. The van der Waals surface area contributed by atoms with Crippen LogP contribution in [0.4, 0.5) is 0 Å². The summed E-state index contributed by atoms with van der Waals surface area (Å²) in [5, 5.41) is 0. The molecule has 2 nitrogen and oxygen atoms in total. The third-order valence-corrected chi connectivity index (χ3v) is 2.92. The number of methoxy groups -OCH3 is 2. The van der Waals surface area contributed by atoms with Gasteiger partial charge in [-0.3, -0.25) is 0 Å². The van der Waals surface area contributed by atoms with Gasteiger partial charge >= 0.3 is 0 Å². The predicted octanol–water partition coefficient (Wildman–Crippen LogP) is 3.29. The fourth-order valence-corrected chi connectivity index (χ4v) is 1.94. The van der Waals surface area contributed by atoms with Gasteiger partial charge in [0.15, 0.2) is 0 Å². The van der Waals surface area contributed by atoms with Crippen molar-refractivity contribution in [3.8, 4) is 11.5 Å². The van der Waals surface area contributed by atoms with E-state index in [1.54, 1.807) is 14.2 Å². The van der Waals surface area contributed by atoms with Crippen molar-refractivity contribution in [3.05, 3.63) is 59.7 Å². The van der Waals surface area contributed by atoms with Gasteiger partial charge in [-0.05, 0) is 42.7 Å². The molecule has 0 saturated carbocycles. The number of hydrogen-bond acceptors (Lipinski definition) is 2. The molecule has 0 bridgehead atoms. The van der Waals surface area contributed by atoms with Crippen molar-refractivity contribution in [2.75, 3.05) is 14.2 Å². The van der Waals surface area contributed by atoms with Crippen LogP contribution in [0.1, 0.15) is 11.1 Å². The smallest absolute Gasteiger partial charge is 0.122 e. The molecule has 93 valence electrons. The van der Waals surface area contributed by atoms with Crippen molar-refractivity contribution in [1.29, 1.82) is 0 Å². The van der Waals surface area contributed by atoms with Gasteiger partial charge in [-0.15, -0.1) is 0 Å². The zero-order chi connectivity index (χ0) is 12.8. The van der Waals surface area contributed by atoms with E-state index in [0.29, 0.717) is 0 Å². The van der Waals surface area contributed by atoms with E-state index in [4.69, 9.17) is 9.47 Å². The van der Waals surface area contributed by atoms with Gasteiger partial charge in [0.05, 0.1) is 14.2 Å². The van der Waals surface area contributed by atoms with Gasteiger partial charge < -0.3 is 9.47 Å². The Balaban J connectivity index is 2.06. The zero-order valence-corrected chi connectivity index (χ0v) is 10.8. The van der Waals surface area contributed by atoms with Crippen molar-refractivity contribution in [2.24, 2.45) is 0 Å². The molecule has 0 fully saturated rings. The molecule has 2 aromatic rings. The predicted molar refractivity (Wildman–Crippen MR) is 72.2 cm³/mol. The standard InChI is InChI=1S/C16H17O2/c1-17-15-8-5-6-13(12-15)10-11-14-7-3-4-9-16(14)18-2/h3-6,8-9,12H,10-11H2,1-2H3. The molecule has 2 heteroatoms. The van der Waals surface area contributed by atoms with Crippen LogP contribution in [0.25, 0.3) is 0 Å². The Labute approximate surface area is 108 Å².